The molecule has 1 aliphatic heterocycles. The highest BCUT2D eigenvalue weighted by molar-refractivity contribution is 6.30. The van der Waals surface area contributed by atoms with Crippen molar-refractivity contribution in [2.45, 2.75) is 30.8 Å². The average Bonchev–Trinajstić information content (AvgIpc) is 2.88. The molecule has 2 aliphatic rings. The zero-order valence-electron chi connectivity index (χ0n) is 9.30. The van der Waals surface area contributed by atoms with Crippen LogP contribution in [0.25, 0.3) is 0 Å². The average molecular weight is 237 g/mol. The van der Waals surface area contributed by atoms with Crippen molar-refractivity contribution in [3.05, 3.63) is 34.9 Å². The van der Waals surface area contributed by atoms with E-state index in [1.807, 2.05) is 12.1 Å². The van der Waals surface area contributed by atoms with Gasteiger partial charge in [0.25, 0.3) is 0 Å². The summed E-state index contributed by atoms with van der Waals surface area (Å²) in [5, 5.41) is 8.02. The maximum absolute atomic E-state index is 5.92. The molecule has 2 nitrogen and oxygen atoms in total. The van der Waals surface area contributed by atoms with Crippen molar-refractivity contribution < 1.29 is 0 Å². The van der Waals surface area contributed by atoms with Gasteiger partial charge in [-0.3, -0.25) is 0 Å². The zero-order chi connectivity index (χ0) is 11.0. The fourth-order valence-electron chi connectivity index (χ4n) is 2.58. The second kappa shape index (κ2) is 4.02. The van der Waals surface area contributed by atoms with Crippen molar-refractivity contribution in [2.24, 2.45) is 0 Å². The highest BCUT2D eigenvalue weighted by Gasteiger charge is 2.45. The van der Waals surface area contributed by atoms with Gasteiger partial charge >= 0.3 is 0 Å². The number of nitrogens with one attached hydrogen (secondary N) is 2. The van der Waals surface area contributed by atoms with Crippen molar-refractivity contribution >= 4 is 11.6 Å². The summed E-state index contributed by atoms with van der Waals surface area (Å²) in [4.78, 5) is 0. The van der Waals surface area contributed by atoms with Crippen LogP contribution in [0.5, 0.6) is 0 Å². The van der Waals surface area contributed by atoms with Crippen molar-refractivity contribution in [1.29, 1.82) is 0 Å². The smallest absolute Gasteiger partial charge is 0.0438 e. The van der Waals surface area contributed by atoms with Crippen LogP contribution in [0, 0.1) is 0 Å². The van der Waals surface area contributed by atoms with E-state index in [0.717, 1.165) is 18.1 Å². The highest BCUT2D eigenvalue weighted by atomic mass is 35.5. The Morgan fingerprint density at radius 2 is 2.00 bits per heavy atom. The molecule has 0 bridgehead atoms. The summed E-state index contributed by atoms with van der Waals surface area (Å²) < 4.78 is 0. The highest BCUT2D eigenvalue weighted by Crippen LogP contribution is 2.46. The Balaban J connectivity index is 1.74. The minimum absolute atomic E-state index is 0.251. The van der Waals surface area contributed by atoms with E-state index in [0.29, 0.717) is 6.04 Å². The summed E-state index contributed by atoms with van der Waals surface area (Å²) in [5.41, 5.74) is 1.64. The van der Waals surface area contributed by atoms with Gasteiger partial charge in [0.2, 0.25) is 0 Å². The molecule has 1 atom stereocenters. The Morgan fingerprint density at radius 3 is 2.56 bits per heavy atom. The molecular weight excluding hydrogens is 220 g/mol. The van der Waals surface area contributed by atoms with Crippen LogP contribution in [0.2, 0.25) is 5.02 Å². The molecular formula is C13H17ClN2. The van der Waals surface area contributed by atoms with Crippen molar-refractivity contribution in [1.82, 2.24) is 10.6 Å². The van der Waals surface area contributed by atoms with E-state index < -0.39 is 0 Å². The predicted molar refractivity (Wildman–Crippen MR) is 66.8 cm³/mol. The first kappa shape index (κ1) is 10.6. The molecule has 1 unspecified atom stereocenters. The Kier molecular flexibility index (Phi) is 2.66. The van der Waals surface area contributed by atoms with E-state index >= 15 is 0 Å². The summed E-state index contributed by atoms with van der Waals surface area (Å²) in [6.07, 6.45) is 3.76. The van der Waals surface area contributed by atoms with Gasteiger partial charge < -0.3 is 10.6 Å². The van der Waals surface area contributed by atoms with Gasteiger partial charge in [-0.15, -0.1) is 0 Å². The molecule has 16 heavy (non-hydrogen) atoms. The predicted octanol–water partition coefficient (Wildman–Crippen LogP) is 2.28. The fourth-order valence-corrected chi connectivity index (χ4v) is 2.70. The lowest BCUT2D eigenvalue weighted by Gasteiger charge is -2.22. The standard InChI is InChI=1S/C13H17ClN2/c14-11-3-1-10(2-4-11)13(6-7-13)16-12-5-8-15-9-12/h1-4,12,15-16H,5-9H2. The molecule has 2 N–H and O–H groups in total. The second-order valence-electron chi connectivity index (χ2n) is 4.92. The van der Waals surface area contributed by atoms with E-state index in [1.165, 1.54) is 24.8 Å². The lowest BCUT2D eigenvalue weighted by molar-refractivity contribution is 0.438. The van der Waals surface area contributed by atoms with Gasteiger partial charge in [0.1, 0.15) is 0 Å². The van der Waals surface area contributed by atoms with E-state index in [-0.39, 0.29) is 5.54 Å². The van der Waals surface area contributed by atoms with Gasteiger partial charge in [-0.1, -0.05) is 23.7 Å². The lowest BCUT2D eigenvalue weighted by Crippen LogP contribution is -2.39. The quantitative estimate of drug-likeness (QED) is 0.842. The minimum Gasteiger partial charge on any atom is -0.315 e. The van der Waals surface area contributed by atoms with Crippen LogP contribution in [0.15, 0.2) is 24.3 Å². The third kappa shape index (κ3) is 1.97. The molecule has 0 radical (unpaired) electrons. The molecule has 1 saturated carbocycles. The molecule has 1 heterocycles. The maximum atomic E-state index is 5.92. The summed E-state index contributed by atoms with van der Waals surface area (Å²) in [7, 11) is 0. The molecule has 0 amide bonds. The molecule has 1 saturated heterocycles. The van der Waals surface area contributed by atoms with Crippen molar-refractivity contribution in [3.63, 3.8) is 0 Å². The fraction of sp³-hybridized carbons (Fsp3) is 0.538. The summed E-state index contributed by atoms with van der Waals surface area (Å²) in [5.74, 6) is 0. The van der Waals surface area contributed by atoms with Gasteiger partial charge in [0, 0.05) is 23.1 Å². The number of benzene rings is 1. The van der Waals surface area contributed by atoms with Crippen LogP contribution in [0.3, 0.4) is 0 Å². The first-order valence-electron chi connectivity index (χ1n) is 6.03. The zero-order valence-corrected chi connectivity index (χ0v) is 10.1. The summed E-state index contributed by atoms with van der Waals surface area (Å²) >= 11 is 5.92. The third-order valence-corrected chi connectivity index (χ3v) is 3.94. The van der Waals surface area contributed by atoms with E-state index in [1.54, 1.807) is 0 Å². The van der Waals surface area contributed by atoms with E-state index in [2.05, 4.69) is 22.8 Å². The number of halogens is 1. The van der Waals surface area contributed by atoms with Gasteiger partial charge in [0.05, 0.1) is 0 Å². The van der Waals surface area contributed by atoms with Crippen LogP contribution in [-0.4, -0.2) is 19.1 Å². The Hall–Kier alpha value is -0.570. The molecule has 3 heteroatoms. The van der Waals surface area contributed by atoms with Crippen LogP contribution in [0.4, 0.5) is 0 Å². The number of rotatable bonds is 3. The van der Waals surface area contributed by atoms with Crippen LogP contribution in [0.1, 0.15) is 24.8 Å². The molecule has 1 aliphatic carbocycles. The molecule has 0 aromatic heterocycles. The Morgan fingerprint density at radius 1 is 1.25 bits per heavy atom. The van der Waals surface area contributed by atoms with Crippen LogP contribution >= 0.6 is 11.6 Å². The summed E-state index contributed by atoms with van der Waals surface area (Å²) in [6, 6.07) is 8.94. The molecule has 1 aromatic carbocycles. The monoisotopic (exact) mass is 236 g/mol. The van der Waals surface area contributed by atoms with Crippen LogP contribution < -0.4 is 10.6 Å². The second-order valence-corrected chi connectivity index (χ2v) is 5.36. The summed E-state index contributed by atoms with van der Waals surface area (Å²) in [6.45, 7) is 2.25. The first-order valence-corrected chi connectivity index (χ1v) is 6.41. The third-order valence-electron chi connectivity index (χ3n) is 3.69. The van der Waals surface area contributed by atoms with Gasteiger partial charge in [0.15, 0.2) is 0 Å². The van der Waals surface area contributed by atoms with Gasteiger partial charge in [-0.05, 0) is 43.5 Å². The molecule has 1 aromatic rings. The normalized spacial score (nSPS) is 26.9. The molecule has 3 rings (SSSR count). The Labute approximate surface area is 101 Å². The van der Waals surface area contributed by atoms with Gasteiger partial charge in [-0.2, -0.15) is 0 Å². The number of hydrogen-bond donors (Lipinski definition) is 2. The number of hydrogen-bond acceptors (Lipinski definition) is 2. The van der Waals surface area contributed by atoms with Crippen LogP contribution in [-0.2, 0) is 5.54 Å². The van der Waals surface area contributed by atoms with E-state index in [9.17, 15) is 0 Å². The first-order chi connectivity index (χ1) is 7.78. The van der Waals surface area contributed by atoms with E-state index in [4.69, 9.17) is 11.6 Å². The van der Waals surface area contributed by atoms with Crippen molar-refractivity contribution in [3.8, 4) is 0 Å². The van der Waals surface area contributed by atoms with Crippen molar-refractivity contribution in [2.75, 3.05) is 13.1 Å². The minimum atomic E-state index is 0.251. The topological polar surface area (TPSA) is 24.1 Å². The Bertz CT molecular complexity index is 364. The van der Waals surface area contributed by atoms with Gasteiger partial charge in [-0.25, -0.2) is 0 Å². The maximum Gasteiger partial charge on any atom is 0.0438 e. The largest absolute Gasteiger partial charge is 0.315 e. The molecule has 86 valence electrons. The molecule has 2 fully saturated rings. The lowest BCUT2D eigenvalue weighted by atomic mass is 10.0. The SMILES string of the molecule is Clc1ccc(C2(NC3CCNC3)CC2)cc1. The molecule has 0 spiro atoms.